The summed E-state index contributed by atoms with van der Waals surface area (Å²) in [5.41, 5.74) is 0.910. The van der Waals surface area contributed by atoms with Gasteiger partial charge in [-0.1, -0.05) is 84.9 Å². The van der Waals surface area contributed by atoms with Crippen molar-refractivity contribution in [2.75, 3.05) is 0 Å². The number of esters is 2. The highest BCUT2D eigenvalue weighted by molar-refractivity contribution is 6.29. The maximum absolute atomic E-state index is 13.9. The van der Waals surface area contributed by atoms with E-state index in [2.05, 4.69) is 10.6 Å². The van der Waals surface area contributed by atoms with Crippen LogP contribution in [0.4, 0.5) is 35.1 Å². The van der Waals surface area contributed by atoms with Crippen molar-refractivity contribution in [3.63, 3.8) is 0 Å². The number of alkyl halides is 6. The van der Waals surface area contributed by atoms with E-state index in [1.165, 1.54) is 48.5 Å². The van der Waals surface area contributed by atoms with Gasteiger partial charge in [0.2, 0.25) is 0 Å². The predicted octanol–water partition coefficient (Wildman–Crippen LogP) is 10.8. The number of ether oxygens (including phenoxy) is 4. The smallest absolute Gasteiger partial charge is 0.419 e. The molecule has 0 aliphatic heterocycles. The SMILES string of the molecule is O=C(OC(CC(Cc1ccc(F)cc1)Oc1ccc(C(F)(F)F)cc1)NCc1ccccc1)C(=O)OC(CC(Cc1ccc(F)cc1)Oc1ccc(C(F)(F)F)cc1)NCc1ccccc1. The molecule has 4 unspecified atom stereocenters. The minimum Gasteiger partial charge on any atom is -0.490 e. The van der Waals surface area contributed by atoms with Gasteiger partial charge in [-0.3, -0.25) is 10.6 Å². The van der Waals surface area contributed by atoms with Crippen molar-refractivity contribution in [1.29, 1.82) is 0 Å². The quantitative estimate of drug-likeness (QED) is 0.0338. The Morgan fingerprint density at radius 2 is 0.773 bits per heavy atom. The van der Waals surface area contributed by atoms with E-state index in [-0.39, 0.29) is 50.3 Å². The van der Waals surface area contributed by atoms with Crippen molar-refractivity contribution in [1.82, 2.24) is 10.6 Å². The van der Waals surface area contributed by atoms with Gasteiger partial charge in [-0.2, -0.15) is 26.3 Å². The Labute approximate surface area is 375 Å². The number of benzene rings is 6. The Balaban J connectivity index is 1.23. The van der Waals surface area contributed by atoms with Crippen molar-refractivity contribution in [2.24, 2.45) is 0 Å². The molecule has 0 radical (unpaired) electrons. The van der Waals surface area contributed by atoms with Gasteiger partial charge < -0.3 is 18.9 Å². The number of hydrogen-bond acceptors (Lipinski definition) is 8. The molecule has 8 nitrogen and oxygen atoms in total. The van der Waals surface area contributed by atoms with Crippen LogP contribution in [0.2, 0.25) is 0 Å². The molecule has 0 amide bonds. The number of carbonyl (C=O) groups excluding carboxylic acids is 2. The Kier molecular flexibility index (Phi) is 16.9. The Morgan fingerprint density at radius 1 is 0.439 bits per heavy atom. The standard InChI is InChI=1S/C50H44F8N2O6/c51-39-19-11-33(12-20-39)27-43(63-41-23-15-37(16-24-41)49(53,54)55)29-45(59-31-35-7-3-1-4-8-35)65-47(61)48(62)66-46(60-32-36-9-5-2-6-10-36)30-44(28-34-13-21-40(52)22-14-34)64-42-25-17-38(18-26-42)50(56,57)58/h1-26,43-46,59-60H,27-32H2. The molecular formula is C50H44F8N2O6. The minimum atomic E-state index is -4.60. The van der Waals surface area contributed by atoms with Crippen LogP contribution in [0.1, 0.15) is 46.2 Å². The minimum absolute atomic E-state index is 0.0590. The summed E-state index contributed by atoms with van der Waals surface area (Å²) in [7, 11) is 0. The van der Waals surface area contributed by atoms with Gasteiger partial charge >= 0.3 is 24.3 Å². The molecule has 16 heteroatoms. The van der Waals surface area contributed by atoms with E-state index in [9.17, 15) is 44.7 Å². The fourth-order valence-electron chi connectivity index (χ4n) is 6.78. The molecule has 6 rings (SSSR count). The Hall–Kier alpha value is -6.78. The van der Waals surface area contributed by atoms with Gasteiger partial charge in [-0.25, -0.2) is 18.4 Å². The molecule has 0 aliphatic rings. The lowest BCUT2D eigenvalue weighted by Crippen LogP contribution is -2.43. The molecule has 0 spiro atoms. The highest BCUT2D eigenvalue weighted by Crippen LogP contribution is 2.32. The Bertz CT molecular complexity index is 2250. The van der Waals surface area contributed by atoms with E-state index in [0.29, 0.717) is 11.1 Å². The molecule has 0 saturated heterocycles. The van der Waals surface area contributed by atoms with Crippen molar-refractivity contribution < 1.29 is 63.7 Å². The summed E-state index contributed by atoms with van der Waals surface area (Å²) < 4.78 is 132. The van der Waals surface area contributed by atoms with Gasteiger partial charge in [0.15, 0.2) is 12.5 Å². The van der Waals surface area contributed by atoms with Crippen molar-refractivity contribution in [3.05, 3.63) is 203 Å². The maximum atomic E-state index is 13.9. The molecule has 0 fully saturated rings. The first kappa shape index (κ1) is 48.7. The van der Waals surface area contributed by atoms with Crippen LogP contribution in [-0.2, 0) is 57.3 Å². The molecule has 0 heterocycles. The molecule has 2 N–H and O–H groups in total. The van der Waals surface area contributed by atoms with E-state index in [0.717, 1.165) is 59.7 Å². The van der Waals surface area contributed by atoms with Crippen LogP contribution in [-0.4, -0.2) is 36.6 Å². The van der Waals surface area contributed by atoms with Gasteiger partial charge in [0.05, 0.1) is 11.1 Å². The van der Waals surface area contributed by atoms with Gasteiger partial charge in [0.1, 0.15) is 35.3 Å². The lowest BCUT2D eigenvalue weighted by molar-refractivity contribution is -0.177. The second-order valence-electron chi connectivity index (χ2n) is 15.2. The zero-order valence-electron chi connectivity index (χ0n) is 35.0. The van der Waals surface area contributed by atoms with Crippen LogP contribution in [0.3, 0.4) is 0 Å². The predicted molar refractivity (Wildman–Crippen MR) is 227 cm³/mol. The van der Waals surface area contributed by atoms with E-state index < -0.39 is 71.7 Å². The van der Waals surface area contributed by atoms with Crippen LogP contribution in [0.5, 0.6) is 11.5 Å². The van der Waals surface area contributed by atoms with Gasteiger partial charge in [-0.15, -0.1) is 0 Å². The van der Waals surface area contributed by atoms with Crippen LogP contribution >= 0.6 is 0 Å². The van der Waals surface area contributed by atoms with Gasteiger partial charge in [0.25, 0.3) is 0 Å². The number of hydrogen-bond donors (Lipinski definition) is 2. The molecule has 0 aromatic heterocycles. The largest absolute Gasteiger partial charge is 0.490 e. The first-order valence-corrected chi connectivity index (χ1v) is 20.7. The molecule has 66 heavy (non-hydrogen) atoms. The molecule has 0 bridgehead atoms. The lowest BCUT2D eigenvalue weighted by atomic mass is 10.0. The van der Waals surface area contributed by atoms with Crippen molar-refractivity contribution >= 4 is 11.9 Å². The fraction of sp³-hybridized carbons (Fsp3) is 0.240. The third-order valence-corrected chi connectivity index (χ3v) is 10.1. The first-order valence-electron chi connectivity index (χ1n) is 20.7. The topological polar surface area (TPSA) is 95.1 Å². The second kappa shape index (κ2) is 22.9. The maximum Gasteiger partial charge on any atom is 0.419 e. The third kappa shape index (κ3) is 15.7. The van der Waals surface area contributed by atoms with E-state index in [1.807, 2.05) is 0 Å². The van der Waals surface area contributed by atoms with E-state index in [1.54, 1.807) is 60.7 Å². The lowest BCUT2D eigenvalue weighted by Gasteiger charge is -2.27. The summed E-state index contributed by atoms with van der Waals surface area (Å²) in [6, 6.07) is 36.8. The summed E-state index contributed by atoms with van der Waals surface area (Å²) in [6.45, 7) is 0.260. The Morgan fingerprint density at radius 3 is 1.09 bits per heavy atom. The molecule has 6 aromatic carbocycles. The summed E-state index contributed by atoms with van der Waals surface area (Å²) in [5, 5.41) is 6.19. The van der Waals surface area contributed by atoms with Crippen molar-refractivity contribution in [3.8, 4) is 11.5 Å². The zero-order chi connectivity index (χ0) is 47.1. The average Bonchev–Trinajstić information content (AvgIpc) is 3.29. The van der Waals surface area contributed by atoms with Crippen LogP contribution < -0.4 is 20.1 Å². The number of nitrogens with one attached hydrogen (secondary N) is 2. The number of halogens is 8. The fourth-order valence-corrected chi connectivity index (χ4v) is 6.78. The third-order valence-electron chi connectivity index (χ3n) is 10.1. The van der Waals surface area contributed by atoms with Gasteiger partial charge in [-0.05, 0) is 95.1 Å². The summed E-state index contributed by atoms with van der Waals surface area (Å²) >= 11 is 0. The monoisotopic (exact) mass is 920 g/mol. The zero-order valence-corrected chi connectivity index (χ0v) is 35.0. The molecule has 4 atom stereocenters. The molecule has 0 aliphatic carbocycles. The summed E-state index contributed by atoms with van der Waals surface area (Å²) in [4.78, 5) is 27.5. The molecule has 346 valence electrons. The summed E-state index contributed by atoms with van der Waals surface area (Å²) in [6.07, 6.45) is -13.7. The highest BCUT2D eigenvalue weighted by Gasteiger charge is 2.33. The van der Waals surface area contributed by atoms with Gasteiger partial charge in [0, 0.05) is 38.8 Å². The first-order chi connectivity index (χ1) is 31.6. The van der Waals surface area contributed by atoms with Crippen LogP contribution in [0.25, 0.3) is 0 Å². The van der Waals surface area contributed by atoms with Crippen LogP contribution in [0, 0.1) is 11.6 Å². The normalized spacial score (nSPS) is 13.5. The van der Waals surface area contributed by atoms with Crippen molar-refractivity contribution in [2.45, 2.75) is 75.8 Å². The number of carbonyl (C=O) groups is 2. The summed E-state index contributed by atoms with van der Waals surface area (Å²) in [5.74, 6) is -3.74. The number of rotatable bonds is 20. The second-order valence-corrected chi connectivity index (χ2v) is 15.2. The van der Waals surface area contributed by atoms with Crippen LogP contribution in [0.15, 0.2) is 158 Å². The molecule has 6 aromatic rings. The van der Waals surface area contributed by atoms with E-state index >= 15 is 0 Å². The van der Waals surface area contributed by atoms with E-state index in [4.69, 9.17) is 18.9 Å². The average molecular weight is 921 g/mol. The highest BCUT2D eigenvalue weighted by atomic mass is 19.4. The molecular weight excluding hydrogens is 877 g/mol. The molecule has 0 saturated carbocycles.